The molecule has 0 heterocycles. The van der Waals surface area contributed by atoms with Crippen LogP contribution in [0, 0.1) is 17.3 Å². The highest BCUT2D eigenvalue weighted by Gasteiger charge is 2.21. The van der Waals surface area contributed by atoms with Crippen LogP contribution in [0.5, 0.6) is 0 Å². The fraction of sp³-hybridized carbons (Fsp3) is 0.533. The average Bonchev–Trinajstić information content (AvgIpc) is 2.78. The zero-order valence-corrected chi connectivity index (χ0v) is 22.0. The molecule has 0 aliphatic carbocycles. The lowest BCUT2D eigenvalue weighted by Gasteiger charge is -2.29. The second kappa shape index (κ2) is 14.7. The molecular weight excluding hydrogens is 402 g/mol. The van der Waals surface area contributed by atoms with Gasteiger partial charge in [0, 0.05) is 17.9 Å². The highest BCUT2D eigenvalue weighted by Crippen LogP contribution is 2.32. The van der Waals surface area contributed by atoms with Gasteiger partial charge >= 0.3 is 0 Å². The summed E-state index contributed by atoms with van der Waals surface area (Å²) in [6, 6.07) is 10.5. The predicted octanol–water partition coefficient (Wildman–Crippen LogP) is 6.97. The summed E-state index contributed by atoms with van der Waals surface area (Å²) in [4.78, 5) is 0. The number of rotatable bonds is 18. The largest absolute Gasteiger partial charge is 0.386 e. The molecule has 1 aromatic carbocycles. The van der Waals surface area contributed by atoms with Gasteiger partial charge in [-0.2, -0.15) is 0 Å². The minimum Gasteiger partial charge on any atom is -0.386 e. The molecule has 0 fully saturated rings. The molecule has 3 N–H and O–H groups in total. The van der Waals surface area contributed by atoms with E-state index in [-0.39, 0.29) is 6.04 Å². The molecule has 0 saturated heterocycles. The van der Waals surface area contributed by atoms with Gasteiger partial charge in [0.2, 0.25) is 0 Å². The zero-order chi connectivity index (χ0) is 24.9. The summed E-state index contributed by atoms with van der Waals surface area (Å²) < 4.78 is 0. The van der Waals surface area contributed by atoms with Gasteiger partial charge in [-0.15, -0.1) is 0 Å². The standard InChI is InChI=1S/C30H49N3/c1-10-30(8,9)18-17-28(19-23(3)4)24(5)21-32-26(7)29(33-25(6)22-31-11-2)20-27-15-13-12-14-16-27/h11-16,23,28-29,31-33H,2,5-7,10,17-22H2,1,3-4,8-9H3/t28?,29-/m0/s1. The molecule has 1 rings (SSSR count). The first-order valence-corrected chi connectivity index (χ1v) is 12.5. The van der Waals surface area contributed by atoms with E-state index < -0.39 is 0 Å². The van der Waals surface area contributed by atoms with Crippen LogP contribution in [0.25, 0.3) is 0 Å². The minimum atomic E-state index is 0.0434. The third-order valence-electron chi connectivity index (χ3n) is 6.54. The molecule has 0 aromatic heterocycles. The van der Waals surface area contributed by atoms with E-state index in [1.165, 1.54) is 36.8 Å². The van der Waals surface area contributed by atoms with Crippen LogP contribution in [0.4, 0.5) is 0 Å². The van der Waals surface area contributed by atoms with Crippen LogP contribution >= 0.6 is 0 Å². The first kappa shape index (κ1) is 28.6. The molecule has 0 spiro atoms. The lowest BCUT2D eigenvalue weighted by Crippen LogP contribution is -2.39. The van der Waals surface area contributed by atoms with Gasteiger partial charge < -0.3 is 16.0 Å². The molecule has 184 valence electrons. The Bertz CT molecular complexity index is 745. The summed E-state index contributed by atoms with van der Waals surface area (Å²) in [6.45, 7) is 29.8. The lowest BCUT2D eigenvalue weighted by atomic mass is 9.79. The van der Waals surface area contributed by atoms with Gasteiger partial charge in [-0.05, 0) is 54.7 Å². The van der Waals surface area contributed by atoms with E-state index in [1.807, 2.05) is 6.07 Å². The van der Waals surface area contributed by atoms with Crippen LogP contribution < -0.4 is 16.0 Å². The van der Waals surface area contributed by atoms with E-state index in [2.05, 4.69) is 101 Å². The van der Waals surface area contributed by atoms with Crippen LogP contribution in [-0.2, 0) is 6.42 Å². The van der Waals surface area contributed by atoms with Crippen LogP contribution in [0.3, 0.4) is 0 Å². The van der Waals surface area contributed by atoms with E-state index in [1.54, 1.807) is 6.20 Å². The normalized spacial score (nSPS) is 13.2. The molecule has 0 radical (unpaired) electrons. The summed E-state index contributed by atoms with van der Waals surface area (Å²) in [5, 5.41) is 10.2. The summed E-state index contributed by atoms with van der Waals surface area (Å²) in [7, 11) is 0. The van der Waals surface area contributed by atoms with Gasteiger partial charge in [0.15, 0.2) is 0 Å². The van der Waals surface area contributed by atoms with E-state index >= 15 is 0 Å². The van der Waals surface area contributed by atoms with Crippen LogP contribution in [-0.4, -0.2) is 19.1 Å². The van der Waals surface area contributed by atoms with Gasteiger partial charge in [0.1, 0.15) is 0 Å². The van der Waals surface area contributed by atoms with Crippen molar-refractivity contribution in [3.05, 3.63) is 85.4 Å². The van der Waals surface area contributed by atoms with Gasteiger partial charge in [-0.1, -0.05) is 103 Å². The van der Waals surface area contributed by atoms with Crippen molar-refractivity contribution in [1.82, 2.24) is 16.0 Å². The van der Waals surface area contributed by atoms with Gasteiger partial charge in [0.25, 0.3) is 0 Å². The summed E-state index contributed by atoms with van der Waals surface area (Å²) >= 11 is 0. The zero-order valence-electron chi connectivity index (χ0n) is 22.0. The first-order valence-electron chi connectivity index (χ1n) is 12.5. The Morgan fingerprint density at radius 1 is 1.06 bits per heavy atom. The Labute approximate surface area is 204 Å². The monoisotopic (exact) mass is 451 g/mol. The molecule has 0 saturated carbocycles. The fourth-order valence-electron chi connectivity index (χ4n) is 3.90. The molecule has 1 aromatic rings. The van der Waals surface area contributed by atoms with Gasteiger partial charge in [-0.3, -0.25) is 0 Å². The Kier molecular flexibility index (Phi) is 12.7. The fourth-order valence-corrected chi connectivity index (χ4v) is 3.90. The maximum absolute atomic E-state index is 4.49. The van der Waals surface area contributed by atoms with Crippen LogP contribution in [0.2, 0.25) is 0 Å². The number of hydrogen-bond donors (Lipinski definition) is 3. The summed E-state index contributed by atoms with van der Waals surface area (Å²) in [5.41, 5.74) is 4.81. The molecule has 2 atom stereocenters. The van der Waals surface area contributed by atoms with Crippen molar-refractivity contribution in [1.29, 1.82) is 0 Å². The van der Waals surface area contributed by atoms with E-state index in [9.17, 15) is 0 Å². The minimum absolute atomic E-state index is 0.0434. The van der Waals surface area contributed by atoms with Crippen molar-refractivity contribution in [3.63, 3.8) is 0 Å². The summed E-state index contributed by atoms with van der Waals surface area (Å²) in [5.74, 6) is 1.19. The second-order valence-corrected chi connectivity index (χ2v) is 10.5. The van der Waals surface area contributed by atoms with Crippen LogP contribution in [0.15, 0.2) is 79.8 Å². The molecule has 3 nitrogen and oxygen atoms in total. The molecule has 0 aliphatic rings. The van der Waals surface area contributed by atoms with Crippen molar-refractivity contribution < 1.29 is 0 Å². The predicted molar refractivity (Wildman–Crippen MR) is 147 cm³/mol. The molecular formula is C30H49N3. The Balaban J connectivity index is 2.80. The molecule has 33 heavy (non-hydrogen) atoms. The summed E-state index contributed by atoms with van der Waals surface area (Å²) in [6.07, 6.45) is 7.34. The molecule has 3 heteroatoms. The van der Waals surface area contributed by atoms with Crippen molar-refractivity contribution >= 4 is 0 Å². The Morgan fingerprint density at radius 3 is 2.30 bits per heavy atom. The molecule has 0 bridgehead atoms. The maximum Gasteiger partial charge on any atom is 0.0691 e. The van der Waals surface area contributed by atoms with E-state index in [4.69, 9.17) is 0 Å². The number of nitrogens with one attached hydrogen (secondary N) is 3. The average molecular weight is 452 g/mol. The smallest absolute Gasteiger partial charge is 0.0691 e. The van der Waals surface area contributed by atoms with Crippen molar-refractivity contribution in [2.45, 2.75) is 72.8 Å². The van der Waals surface area contributed by atoms with Crippen molar-refractivity contribution in [2.24, 2.45) is 17.3 Å². The van der Waals surface area contributed by atoms with Gasteiger partial charge in [-0.25, -0.2) is 0 Å². The maximum atomic E-state index is 4.49. The van der Waals surface area contributed by atoms with E-state index in [0.29, 0.717) is 23.8 Å². The lowest BCUT2D eigenvalue weighted by molar-refractivity contribution is 0.279. The molecule has 0 aliphatic heterocycles. The highest BCUT2D eigenvalue weighted by atomic mass is 15.0. The van der Waals surface area contributed by atoms with Crippen molar-refractivity contribution in [2.75, 3.05) is 13.1 Å². The van der Waals surface area contributed by atoms with Crippen molar-refractivity contribution in [3.8, 4) is 0 Å². The molecule has 0 amide bonds. The van der Waals surface area contributed by atoms with Crippen LogP contribution in [0.1, 0.15) is 65.9 Å². The third-order valence-corrected chi connectivity index (χ3v) is 6.54. The second-order valence-electron chi connectivity index (χ2n) is 10.5. The van der Waals surface area contributed by atoms with E-state index in [0.717, 1.165) is 24.4 Å². The number of benzene rings is 1. The Hall–Kier alpha value is -2.42. The topological polar surface area (TPSA) is 36.1 Å². The Morgan fingerprint density at radius 2 is 1.73 bits per heavy atom. The first-order chi connectivity index (χ1) is 15.6. The quantitative estimate of drug-likeness (QED) is 0.211. The third kappa shape index (κ3) is 11.8. The highest BCUT2D eigenvalue weighted by molar-refractivity contribution is 5.21. The SMILES string of the molecule is C=CNCC(=C)N[C@@H](Cc1ccccc1)C(=C)NCC(=C)C(CCC(C)(C)CC)CC(C)C. The molecule has 1 unspecified atom stereocenters. The van der Waals surface area contributed by atoms with Gasteiger partial charge in [0.05, 0.1) is 12.6 Å². The number of hydrogen-bond acceptors (Lipinski definition) is 3.